The Morgan fingerprint density at radius 1 is 0.405 bits per heavy atom. The highest BCUT2D eigenvalue weighted by Crippen LogP contribution is 2.52. The molecule has 0 radical (unpaired) electrons. The molecule has 15 N–H and O–H groups in total. The van der Waals surface area contributed by atoms with Crippen LogP contribution >= 0.6 is 0 Å². The van der Waals surface area contributed by atoms with Gasteiger partial charge in [-0.2, -0.15) is 0 Å². The van der Waals surface area contributed by atoms with Crippen molar-refractivity contribution >= 4 is 17.7 Å². The maximum absolute atomic E-state index is 12.5. The van der Waals surface area contributed by atoms with Gasteiger partial charge in [0.05, 0.1) is 183 Å². The number of nitrogens with one attached hydrogen (secondary N) is 3. The predicted molar refractivity (Wildman–Crippen MR) is 280 cm³/mol. The summed E-state index contributed by atoms with van der Waals surface area (Å²) in [7, 11) is 0. The van der Waals surface area contributed by atoms with Crippen molar-refractivity contribution in [2.24, 2.45) is 17.3 Å². The van der Waals surface area contributed by atoms with Crippen LogP contribution in [0.3, 0.4) is 0 Å². The first kappa shape index (κ1) is 73.8. The molecular formula is C51H93N3O30. The Balaban J connectivity index is 1.03. The summed E-state index contributed by atoms with van der Waals surface area (Å²) in [6, 6.07) is 0. The number of rotatable bonds is 48. The minimum atomic E-state index is -1.86. The average Bonchev–Trinajstić information content (AvgIpc) is 1.62. The van der Waals surface area contributed by atoms with Crippen LogP contribution in [-0.4, -0.2) is 343 Å². The molecule has 33 heteroatoms. The van der Waals surface area contributed by atoms with E-state index in [9.17, 15) is 75.7 Å². The van der Waals surface area contributed by atoms with E-state index in [1.54, 1.807) is 0 Å². The van der Waals surface area contributed by atoms with Gasteiger partial charge in [-0.25, -0.2) is 0 Å². The summed E-state index contributed by atoms with van der Waals surface area (Å²) in [5, 5.41) is 127. The molecule has 33 nitrogen and oxygen atoms in total. The molecule has 0 aromatic carbocycles. The maximum atomic E-state index is 12.5. The van der Waals surface area contributed by atoms with Crippen LogP contribution in [0.2, 0.25) is 0 Å². The van der Waals surface area contributed by atoms with Crippen molar-refractivity contribution in [3.05, 3.63) is 0 Å². The third kappa shape index (κ3) is 25.1. The van der Waals surface area contributed by atoms with Gasteiger partial charge in [-0.3, -0.25) is 14.4 Å². The molecule has 84 heavy (non-hydrogen) atoms. The highest BCUT2D eigenvalue weighted by atomic mass is 16.8. The SMILES string of the molecule is CC(COCCC(=O)NCCOCCOCCO[C@H]1OC(CO)[C@@H](O)C(O)C1O)(COCCC(=O)NCCOCCOCCO[C@H]1OC(CO)[C@H](O)C(O)C1O)COCCC(=O)NCCOCCOCCO[C@H]1O[C@]2(O)C1C(O)[C@H](O)C2CO. The summed E-state index contributed by atoms with van der Waals surface area (Å²) in [5.41, 5.74) is -0.752. The summed E-state index contributed by atoms with van der Waals surface area (Å²) >= 11 is 0. The van der Waals surface area contributed by atoms with E-state index < -0.39 is 123 Å². The Bertz CT molecular complexity index is 1710. The van der Waals surface area contributed by atoms with Crippen LogP contribution in [0.5, 0.6) is 0 Å². The van der Waals surface area contributed by atoms with Crippen molar-refractivity contribution in [2.75, 3.05) is 178 Å². The topological polar surface area (TPSA) is 469 Å². The van der Waals surface area contributed by atoms with Gasteiger partial charge in [0, 0.05) is 44.3 Å². The average molecular weight is 1230 g/mol. The lowest BCUT2D eigenvalue weighted by atomic mass is 9.89. The fourth-order valence-electron chi connectivity index (χ4n) is 8.95. The summed E-state index contributed by atoms with van der Waals surface area (Å²) in [6.07, 6.45) is -17.3. The molecule has 1 aliphatic carbocycles. The first-order valence-corrected chi connectivity index (χ1v) is 28.2. The summed E-state index contributed by atoms with van der Waals surface area (Å²) in [4.78, 5) is 37.5. The molecule has 17 atom stereocenters. The van der Waals surface area contributed by atoms with Crippen LogP contribution < -0.4 is 16.0 Å². The molecule has 0 aromatic rings. The third-order valence-corrected chi connectivity index (χ3v) is 13.8. The van der Waals surface area contributed by atoms with Gasteiger partial charge in [0.2, 0.25) is 17.7 Å². The van der Waals surface area contributed by atoms with Gasteiger partial charge in [0.15, 0.2) is 24.7 Å². The molecule has 10 unspecified atom stereocenters. The van der Waals surface area contributed by atoms with Gasteiger partial charge in [-0.1, -0.05) is 6.92 Å². The minimum absolute atomic E-state index is 0.0101. The molecular weight excluding hydrogens is 1130 g/mol. The largest absolute Gasteiger partial charge is 0.396 e. The lowest BCUT2D eigenvalue weighted by Crippen LogP contribution is -2.63. The Hall–Kier alpha value is -2.67. The molecule has 4 aliphatic rings. The first-order chi connectivity index (χ1) is 40.4. The molecule has 1 saturated carbocycles. The van der Waals surface area contributed by atoms with Gasteiger partial charge in [0.1, 0.15) is 48.8 Å². The lowest BCUT2D eigenvalue weighted by Gasteiger charge is -2.49. The quantitative estimate of drug-likeness (QED) is 0.0252. The lowest BCUT2D eigenvalue weighted by molar-refractivity contribution is -0.439. The van der Waals surface area contributed by atoms with Crippen molar-refractivity contribution in [3.8, 4) is 0 Å². The van der Waals surface area contributed by atoms with E-state index in [0.717, 1.165) is 0 Å². The maximum Gasteiger partial charge on any atom is 0.222 e. The highest BCUT2D eigenvalue weighted by molar-refractivity contribution is 5.76. The molecule has 3 saturated heterocycles. The molecule has 3 heterocycles. The van der Waals surface area contributed by atoms with Crippen molar-refractivity contribution in [1.82, 2.24) is 16.0 Å². The van der Waals surface area contributed by atoms with Crippen molar-refractivity contribution < 1.29 is 147 Å². The molecule has 4 rings (SSSR count). The molecule has 492 valence electrons. The van der Waals surface area contributed by atoms with Crippen molar-refractivity contribution in [3.63, 3.8) is 0 Å². The van der Waals surface area contributed by atoms with Gasteiger partial charge in [-0.15, -0.1) is 0 Å². The Kier molecular flexibility index (Phi) is 35.8. The molecule has 3 aliphatic heterocycles. The van der Waals surface area contributed by atoms with E-state index in [-0.39, 0.29) is 195 Å². The van der Waals surface area contributed by atoms with Crippen molar-refractivity contribution in [1.29, 1.82) is 0 Å². The predicted octanol–water partition coefficient (Wildman–Crippen LogP) is -8.68. The van der Waals surface area contributed by atoms with E-state index in [0.29, 0.717) is 0 Å². The van der Waals surface area contributed by atoms with Crippen LogP contribution in [0.25, 0.3) is 0 Å². The fourth-order valence-corrected chi connectivity index (χ4v) is 8.95. The van der Waals surface area contributed by atoms with Crippen LogP contribution in [0, 0.1) is 17.3 Å². The third-order valence-electron chi connectivity index (χ3n) is 13.8. The number of hydrogen-bond donors (Lipinski definition) is 15. The first-order valence-electron chi connectivity index (χ1n) is 28.2. The second kappa shape index (κ2) is 40.8. The number of aliphatic hydroxyl groups excluding tert-OH is 11. The monoisotopic (exact) mass is 1230 g/mol. The number of fused-ring (bicyclic) bond motifs is 1. The zero-order valence-electron chi connectivity index (χ0n) is 47.6. The van der Waals surface area contributed by atoms with Crippen LogP contribution in [0.15, 0.2) is 0 Å². The number of carbonyl (C=O) groups is 3. The van der Waals surface area contributed by atoms with E-state index in [1.807, 2.05) is 6.92 Å². The molecule has 4 fully saturated rings. The molecule has 0 aromatic heterocycles. The summed E-state index contributed by atoms with van der Waals surface area (Å²) < 4.78 is 82.5. The van der Waals surface area contributed by atoms with Gasteiger partial charge in [-0.05, 0) is 0 Å². The number of carbonyl (C=O) groups excluding carboxylic acids is 3. The molecule has 0 bridgehead atoms. The normalized spacial score (nSPS) is 31.0. The molecule has 3 amide bonds. The Morgan fingerprint density at radius 3 is 1.08 bits per heavy atom. The van der Waals surface area contributed by atoms with Gasteiger partial charge < -0.3 is 148 Å². The zero-order valence-corrected chi connectivity index (χ0v) is 47.6. The van der Waals surface area contributed by atoms with E-state index in [4.69, 9.17) is 71.1 Å². The Labute approximate surface area is 486 Å². The van der Waals surface area contributed by atoms with Crippen LogP contribution in [-0.2, 0) is 85.4 Å². The van der Waals surface area contributed by atoms with E-state index >= 15 is 0 Å². The van der Waals surface area contributed by atoms with E-state index in [1.165, 1.54) is 0 Å². The number of amides is 3. The highest BCUT2D eigenvalue weighted by Gasteiger charge is 2.71. The summed E-state index contributed by atoms with van der Waals surface area (Å²) in [6.45, 7) is 3.62. The van der Waals surface area contributed by atoms with Crippen molar-refractivity contribution in [2.45, 2.75) is 112 Å². The van der Waals surface area contributed by atoms with Crippen LogP contribution in [0.4, 0.5) is 0 Å². The Morgan fingerprint density at radius 2 is 0.738 bits per heavy atom. The second-order valence-corrected chi connectivity index (χ2v) is 20.5. The number of hydrogen-bond acceptors (Lipinski definition) is 30. The smallest absolute Gasteiger partial charge is 0.222 e. The second-order valence-electron chi connectivity index (χ2n) is 20.5. The summed E-state index contributed by atoms with van der Waals surface area (Å²) in [5.74, 6) is -4.64. The van der Waals surface area contributed by atoms with E-state index in [2.05, 4.69) is 16.0 Å². The van der Waals surface area contributed by atoms with Gasteiger partial charge >= 0.3 is 0 Å². The standard InChI is InChI=1S/C51H93N3O30/c1-50(30-77-9-3-36(59)53-6-12-71-15-18-74-21-24-80-48-45(67)43(65)40(62)33(27-56)82-48,31-78-10-4-37(60)54-7-13-72-16-19-75-22-25-81-49-46(68)44(66)41(63)34(28-57)83-49)29-76-8-2-35(58)52-5-11-70-14-17-73-20-23-79-47-38-42(64)39(61)32(26-55)51(38,69)84-47/h32-34,38-49,55-57,61-69H,2-31H2,1H3,(H,52,58)(H,53,59)(H,54,60)/t32?,33?,34?,38?,39-,40-,41+,42?,43?,44?,45?,46?,47+,48+,49+,50?,51+/m1/s1. The van der Waals surface area contributed by atoms with Crippen LogP contribution in [0.1, 0.15) is 26.2 Å². The molecule has 0 spiro atoms. The minimum Gasteiger partial charge on any atom is -0.396 e. The number of aliphatic hydroxyl groups is 12. The zero-order chi connectivity index (χ0) is 61.3. The van der Waals surface area contributed by atoms with Gasteiger partial charge in [0.25, 0.3) is 0 Å². The number of ether oxygens (including phenoxy) is 15. The fraction of sp³-hybridized carbons (Fsp3) is 0.941.